The van der Waals surface area contributed by atoms with E-state index in [9.17, 15) is 4.79 Å². The van der Waals surface area contributed by atoms with E-state index in [1.165, 1.54) is 12.8 Å². The lowest BCUT2D eigenvalue weighted by Gasteiger charge is -2.20. The molecule has 0 radical (unpaired) electrons. The standard InChI is InChI=1S/C11H20N4O/c12-11(14-8-4-1-2-5-8)15-9-6-3-7-13-10(9)16/h8-9H,1-7H2,(H,13,16)(H3,12,14,15). The molecule has 0 aromatic heterocycles. The smallest absolute Gasteiger partial charge is 0.244 e. The molecule has 1 heterocycles. The predicted molar refractivity (Wildman–Crippen MR) is 63.0 cm³/mol. The number of aliphatic imine (C=N–C) groups is 1. The highest BCUT2D eigenvalue weighted by Crippen LogP contribution is 2.17. The Morgan fingerprint density at radius 2 is 2.06 bits per heavy atom. The molecule has 1 amide bonds. The number of nitrogens with zero attached hydrogens (tertiary/aromatic N) is 1. The Morgan fingerprint density at radius 1 is 1.31 bits per heavy atom. The normalized spacial score (nSPS) is 27.9. The molecule has 0 aromatic rings. The maximum atomic E-state index is 11.5. The average Bonchev–Trinajstić information content (AvgIpc) is 2.74. The van der Waals surface area contributed by atoms with E-state index in [1.54, 1.807) is 0 Å². The van der Waals surface area contributed by atoms with Crippen molar-refractivity contribution in [2.75, 3.05) is 6.54 Å². The Bertz CT molecular complexity index is 284. The van der Waals surface area contributed by atoms with Crippen molar-refractivity contribution in [3.05, 3.63) is 0 Å². The Balaban J connectivity index is 1.86. The molecule has 0 aromatic carbocycles. The van der Waals surface area contributed by atoms with Gasteiger partial charge in [-0.1, -0.05) is 12.8 Å². The van der Waals surface area contributed by atoms with Gasteiger partial charge in [-0.05, 0) is 25.7 Å². The maximum absolute atomic E-state index is 11.5. The molecule has 2 fully saturated rings. The van der Waals surface area contributed by atoms with Crippen LogP contribution in [0.3, 0.4) is 0 Å². The summed E-state index contributed by atoms with van der Waals surface area (Å²) in [5.41, 5.74) is 5.81. The van der Waals surface area contributed by atoms with E-state index >= 15 is 0 Å². The summed E-state index contributed by atoms with van der Waals surface area (Å²) in [4.78, 5) is 15.7. The molecule has 1 atom stereocenters. The van der Waals surface area contributed by atoms with Crippen LogP contribution in [0.2, 0.25) is 0 Å². The predicted octanol–water partition coefficient (Wildman–Crippen LogP) is 0.112. The highest BCUT2D eigenvalue weighted by molar-refractivity contribution is 5.87. The van der Waals surface area contributed by atoms with Gasteiger partial charge in [0.25, 0.3) is 0 Å². The third-order valence-electron chi connectivity index (χ3n) is 3.26. The van der Waals surface area contributed by atoms with Crippen molar-refractivity contribution in [1.82, 2.24) is 10.6 Å². The minimum atomic E-state index is -0.289. The van der Waals surface area contributed by atoms with Gasteiger partial charge < -0.3 is 16.4 Å². The van der Waals surface area contributed by atoms with E-state index < -0.39 is 0 Å². The summed E-state index contributed by atoms with van der Waals surface area (Å²) in [5, 5.41) is 6.00. The lowest BCUT2D eigenvalue weighted by Crippen LogP contribution is -2.44. The summed E-state index contributed by atoms with van der Waals surface area (Å²) < 4.78 is 0. The van der Waals surface area contributed by atoms with Crippen LogP contribution in [0.4, 0.5) is 0 Å². The third kappa shape index (κ3) is 2.87. The molecule has 1 saturated carbocycles. The molecule has 1 aliphatic heterocycles. The van der Waals surface area contributed by atoms with Crippen molar-refractivity contribution in [2.45, 2.75) is 50.6 Å². The van der Waals surface area contributed by atoms with Crippen LogP contribution in [0, 0.1) is 0 Å². The van der Waals surface area contributed by atoms with Gasteiger partial charge in [-0.2, -0.15) is 0 Å². The van der Waals surface area contributed by atoms with Gasteiger partial charge in [0.1, 0.15) is 6.04 Å². The molecule has 5 heteroatoms. The molecule has 1 aliphatic carbocycles. The van der Waals surface area contributed by atoms with Crippen molar-refractivity contribution in [3.63, 3.8) is 0 Å². The van der Waals surface area contributed by atoms with Gasteiger partial charge in [-0.25, -0.2) is 4.99 Å². The monoisotopic (exact) mass is 224 g/mol. The molecule has 0 spiro atoms. The lowest BCUT2D eigenvalue weighted by atomic mass is 10.1. The quantitative estimate of drug-likeness (QED) is 0.460. The van der Waals surface area contributed by atoms with E-state index in [0.29, 0.717) is 12.0 Å². The molecule has 2 aliphatic rings. The van der Waals surface area contributed by atoms with Gasteiger partial charge in [0, 0.05) is 12.6 Å². The largest absolute Gasteiger partial charge is 0.370 e. The van der Waals surface area contributed by atoms with Crippen LogP contribution in [0.15, 0.2) is 4.99 Å². The number of carbonyl (C=O) groups excluding carboxylic acids is 1. The van der Waals surface area contributed by atoms with Crippen molar-refractivity contribution < 1.29 is 4.79 Å². The summed E-state index contributed by atoms with van der Waals surface area (Å²) in [5.74, 6) is 0.427. The molecule has 16 heavy (non-hydrogen) atoms. The van der Waals surface area contributed by atoms with Gasteiger partial charge in [0.15, 0.2) is 5.96 Å². The Kier molecular flexibility index (Phi) is 3.64. The molecule has 2 rings (SSSR count). The fourth-order valence-corrected chi connectivity index (χ4v) is 2.36. The van der Waals surface area contributed by atoms with Crippen LogP contribution < -0.4 is 16.4 Å². The first-order chi connectivity index (χ1) is 7.75. The van der Waals surface area contributed by atoms with Crippen LogP contribution in [0.1, 0.15) is 38.5 Å². The lowest BCUT2D eigenvalue weighted by molar-refractivity contribution is -0.123. The minimum absolute atomic E-state index is 0.00224. The van der Waals surface area contributed by atoms with Crippen LogP contribution in [0.25, 0.3) is 0 Å². The minimum Gasteiger partial charge on any atom is -0.370 e. The highest BCUT2D eigenvalue weighted by Gasteiger charge is 2.22. The Morgan fingerprint density at radius 3 is 2.75 bits per heavy atom. The maximum Gasteiger partial charge on any atom is 0.244 e. The number of hydrogen-bond donors (Lipinski definition) is 3. The van der Waals surface area contributed by atoms with Crippen molar-refractivity contribution >= 4 is 11.9 Å². The first-order valence-electron chi connectivity index (χ1n) is 6.13. The zero-order valence-electron chi connectivity index (χ0n) is 9.54. The molecular weight excluding hydrogens is 204 g/mol. The van der Waals surface area contributed by atoms with Crippen LogP contribution >= 0.6 is 0 Å². The van der Waals surface area contributed by atoms with Crippen molar-refractivity contribution in [2.24, 2.45) is 10.7 Å². The summed E-state index contributed by atoms with van der Waals surface area (Å²) in [6.45, 7) is 0.765. The van der Waals surface area contributed by atoms with Gasteiger partial charge >= 0.3 is 0 Å². The van der Waals surface area contributed by atoms with Gasteiger partial charge in [0.05, 0.1) is 0 Å². The molecule has 1 unspecified atom stereocenters. The van der Waals surface area contributed by atoms with E-state index in [2.05, 4.69) is 15.6 Å². The zero-order chi connectivity index (χ0) is 11.4. The van der Waals surface area contributed by atoms with E-state index in [4.69, 9.17) is 5.73 Å². The molecular formula is C11H20N4O. The number of rotatable bonds is 2. The second-order valence-corrected chi connectivity index (χ2v) is 4.59. The Labute approximate surface area is 95.9 Å². The molecule has 5 nitrogen and oxygen atoms in total. The third-order valence-corrected chi connectivity index (χ3v) is 3.26. The number of guanidine groups is 1. The SMILES string of the molecule is NC(=NC1CCCNC1=O)NC1CCCC1. The van der Waals surface area contributed by atoms with Crippen molar-refractivity contribution in [1.29, 1.82) is 0 Å². The van der Waals surface area contributed by atoms with Crippen LogP contribution in [-0.2, 0) is 4.79 Å². The average molecular weight is 224 g/mol. The summed E-state index contributed by atoms with van der Waals surface area (Å²) >= 11 is 0. The van der Waals surface area contributed by atoms with E-state index in [-0.39, 0.29) is 11.9 Å². The summed E-state index contributed by atoms with van der Waals surface area (Å²) in [6, 6.07) is 0.165. The fourth-order valence-electron chi connectivity index (χ4n) is 2.36. The Hall–Kier alpha value is -1.26. The number of hydrogen-bond acceptors (Lipinski definition) is 2. The highest BCUT2D eigenvalue weighted by atomic mass is 16.2. The topological polar surface area (TPSA) is 79.5 Å². The number of amides is 1. The van der Waals surface area contributed by atoms with Crippen LogP contribution in [-0.4, -0.2) is 30.5 Å². The van der Waals surface area contributed by atoms with E-state index in [1.807, 2.05) is 0 Å². The second kappa shape index (κ2) is 5.18. The van der Waals surface area contributed by atoms with Gasteiger partial charge in [0.2, 0.25) is 5.91 Å². The number of carbonyl (C=O) groups is 1. The van der Waals surface area contributed by atoms with Gasteiger partial charge in [-0.15, -0.1) is 0 Å². The summed E-state index contributed by atoms with van der Waals surface area (Å²) in [7, 11) is 0. The zero-order valence-corrected chi connectivity index (χ0v) is 9.54. The fraction of sp³-hybridized carbons (Fsp3) is 0.818. The van der Waals surface area contributed by atoms with Gasteiger partial charge in [-0.3, -0.25) is 4.79 Å². The summed E-state index contributed by atoms with van der Waals surface area (Å²) in [6.07, 6.45) is 6.62. The number of nitrogens with two attached hydrogens (primary N) is 1. The number of piperidine rings is 1. The first kappa shape index (κ1) is 11.2. The second-order valence-electron chi connectivity index (χ2n) is 4.59. The molecule has 0 bridgehead atoms. The molecule has 90 valence electrons. The number of nitrogens with one attached hydrogen (secondary N) is 2. The van der Waals surface area contributed by atoms with E-state index in [0.717, 1.165) is 32.2 Å². The van der Waals surface area contributed by atoms with Crippen LogP contribution in [0.5, 0.6) is 0 Å². The van der Waals surface area contributed by atoms with Crippen molar-refractivity contribution in [3.8, 4) is 0 Å². The molecule has 4 N–H and O–H groups in total. The first-order valence-corrected chi connectivity index (χ1v) is 6.13. The molecule has 1 saturated heterocycles.